The summed E-state index contributed by atoms with van der Waals surface area (Å²) in [5.41, 5.74) is 2.91. The monoisotopic (exact) mass is 240 g/mol. The molecule has 0 aromatic heterocycles. The van der Waals surface area contributed by atoms with E-state index >= 15 is 0 Å². The van der Waals surface area contributed by atoms with Gasteiger partial charge in [0, 0.05) is 5.33 Å². The van der Waals surface area contributed by atoms with Crippen molar-refractivity contribution in [1.82, 2.24) is 0 Å². The van der Waals surface area contributed by atoms with Crippen molar-refractivity contribution in [3.63, 3.8) is 0 Å². The van der Waals surface area contributed by atoms with Gasteiger partial charge in [-0.15, -0.1) is 0 Å². The van der Waals surface area contributed by atoms with Crippen LogP contribution in [0.4, 0.5) is 0 Å². The topological polar surface area (TPSA) is 9.23 Å². The number of hydrogen-bond acceptors (Lipinski definition) is 1. The molecular weight excluding hydrogens is 228 g/mol. The fourth-order valence-electron chi connectivity index (χ4n) is 1.87. The van der Waals surface area contributed by atoms with Gasteiger partial charge in [0.2, 0.25) is 0 Å². The summed E-state index contributed by atoms with van der Waals surface area (Å²) in [5.74, 6) is 1.09. The van der Waals surface area contributed by atoms with E-state index in [1.807, 2.05) is 0 Å². The maximum absolute atomic E-state index is 5.65. The molecule has 2 rings (SSSR count). The van der Waals surface area contributed by atoms with Crippen molar-refractivity contribution in [2.45, 2.75) is 19.3 Å². The number of rotatable bonds is 3. The van der Waals surface area contributed by atoms with Crippen molar-refractivity contribution < 1.29 is 4.74 Å². The molecule has 1 aliphatic rings. The molecule has 0 amide bonds. The van der Waals surface area contributed by atoms with Gasteiger partial charge >= 0.3 is 0 Å². The molecule has 0 saturated heterocycles. The van der Waals surface area contributed by atoms with E-state index in [1.54, 1.807) is 0 Å². The predicted octanol–water partition coefficient (Wildman–Crippen LogP) is 2.95. The molecule has 0 heterocycles. The van der Waals surface area contributed by atoms with Crippen LogP contribution in [0.2, 0.25) is 0 Å². The lowest BCUT2D eigenvalue weighted by molar-refractivity contribution is 0.341. The van der Waals surface area contributed by atoms with Crippen LogP contribution >= 0.6 is 15.9 Å². The molecule has 0 fully saturated rings. The number of ether oxygens (including phenoxy) is 1. The average Bonchev–Trinajstić information content (AvgIpc) is 2.62. The molecule has 1 aromatic carbocycles. The Bertz CT molecular complexity index is 296. The number of benzene rings is 1. The minimum Gasteiger partial charge on any atom is -0.492 e. The SMILES string of the molecule is BrCCOc1cccc2c1CCC2. The van der Waals surface area contributed by atoms with E-state index in [0.717, 1.165) is 17.7 Å². The largest absolute Gasteiger partial charge is 0.492 e. The first-order valence-electron chi connectivity index (χ1n) is 4.71. The minimum atomic E-state index is 0.760. The van der Waals surface area contributed by atoms with Crippen LogP contribution in [0.15, 0.2) is 18.2 Å². The zero-order chi connectivity index (χ0) is 9.10. The van der Waals surface area contributed by atoms with E-state index in [1.165, 1.54) is 30.4 Å². The first kappa shape index (κ1) is 9.07. The van der Waals surface area contributed by atoms with Crippen molar-refractivity contribution in [2.24, 2.45) is 0 Å². The highest BCUT2D eigenvalue weighted by Crippen LogP contribution is 2.30. The van der Waals surface area contributed by atoms with Crippen molar-refractivity contribution >= 4 is 15.9 Å². The van der Waals surface area contributed by atoms with Gasteiger partial charge in [-0.2, -0.15) is 0 Å². The predicted molar refractivity (Wildman–Crippen MR) is 57.8 cm³/mol. The van der Waals surface area contributed by atoms with E-state index in [-0.39, 0.29) is 0 Å². The van der Waals surface area contributed by atoms with Crippen LogP contribution in [0, 0.1) is 0 Å². The molecule has 1 nitrogen and oxygen atoms in total. The van der Waals surface area contributed by atoms with E-state index in [4.69, 9.17) is 4.74 Å². The third kappa shape index (κ3) is 1.88. The lowest BCUT2D eigenvalue weighted by Gasteiger charge is -2.08. The van der Waals surface area contributed by atoms with Crippen LogP contribution in [0.1, 0.15) is 17.5 Å². The average molecular weight is 241 g/mol. The molecule has 13 heavy (non-hydrogen) atoms. The molecule has 0 radical (unpaired) electrons. The van der Waals surface area contributed by atoms with Gasteiger partial charge < -0.3 is 4.74 Å². The fraction of sp³-hybridized carbons (Fsp3) is 0.455. The summed E-state index contributed by atoms with van der Waals surface area (Å²) in [7, 11) is 0. The van der Waals surface area contributed by atoms with Crippen LogP contribution < -0.4 is 4.74 Å². The first-order chi connectivity index (χ1) is 6.42. The Balaban J connectivity index is 2.20. The number of alkyl halides is 1. The zero-order valence-electron chi connectivity index (χ0n) is 7.55. The summed E-state index contributed by atoms with van der Waals surface area (Å²) < 4.78 is 5.65. The van der Waals surface area contributed by atoms with Crippen LogP contribution in [-0.4, -0.2) is 11.9 Å². The molecule has 0 N–H and O–H groups in total. The van der Waals surface area contributed by atoms with Crippen molar-refractivity contribution in [1.29, 1.82) is 0 Å². The third-order valence-corrected chi connectivity index (χ3v) is 2.76. The molecule has 70 valence electrons. The van der Waals surface area contributed by atoms with Gasteiger partial charge in [0.15, 0.2) is 0 Å². The highest BCUT2D eigenvalue weighted by Gasteiger charge is 2.14. The molecule has 1 aromatic rings. The molecule has 1 aliphatic carbocycles. The fourth-order valence-corrected chi connectivity index (χ4v) is 2.03. The standard InChI is InChI=1S/C11H13BrO/c12-7-8-13-11-6-2-4-9-3-1-5-10(9)11/h2,4,6H,1,3,5,7-8H2. The summed E-state index contributed by atoms with van der Waals surface area (Å²) in [6, 6.07) is 6.38. The molecule has 0 spiro atoms. The Hall–Kier alpha value is -0.500. The van der Waals surface area contributed by atoms with Crippen LogP contribution in [0.25, 0.3) is 0 Å². The molecule has 0 bridgehead atoms. The molecular formula is C11H13BrO. The quantitative estimate of drug-likeness (QED) is 0.739. The number of fused-ring (bicyclic) bond motifs is 1. The normalized spacial score (nSPS) is 14.2. The second kappa shape index (κ2) is 4.14. The van der Waals surface area contributed by atoms with E-state index in [9.17, 15) is 0 Å². The zero-order valence-corrected chi connectivity index (χ0v) is 9.14. The van der Waals surface area contributed by atoms with Crippen molar-refractivity contribution in [2.75, 3.05) is 11.9 Å². The molecule has 0 unspecified atom stereocenters. The van der Waals surface area contributed by atoms with E-state index < -0.39 is 0 Å². The maximum Gasteiger partial charge on any atom is 0.122 e. The van der Waals surface area contributed by atoms with Gasteiger partial charge in [0.25, 0.3) is 0 Å². The Morgan fingerprint density at radius 1 is 1.31 bits per heavy atom. The second-order valence-electron chi connectivity index (χ2n) is 3.28. The van der Waals surface area contributed by atoms with Gasteiger partial charge in [0.1, 0.15) is 5.75 Å². The number of aryl methyl sites for hydroxylation is 1. The third-order valence-electron chi connectivity index (χ3n) is 2.44. The van der Waals surface area contributed by atoms with Crippen molar-refractivity contribution in [3.8, 4) is 5.75 Å². The van der Waals surface area contributed by atoms with Gasteiger partial charge in [-0.25, -0.2) is 0 Å². The van der Waals surface area contributed by atoms with Crippen LogP contribution in [0.3, 0.4) is 0 Å². The summed E-state index contributed by atoms with van der Waals surface area (Å²) in [6.07, 6.45) is 3.69. The number of hydrogen-bond donors (Lipinski definition) is 0. The maximum atomic E-state index is 5.65. The number of halogens is 1. The Morgan fingerprint density at radius 2 is 2.23 bits per heavy atom. The van der Waals surface area contributed by atoms with Gasteiger partial charge in [-0.05, 0) is 36.5 Å². The Morgan fingerprint density at radius 3 is 3.08 bits per heavy atom. The van der Waals surface area contributed by atoms with E-state index in [0.29, 0.717) is 0 Å². The second-order valence-corrected chi connectivity index (χ2v) is 4.08. The summed E-state index contributed by atoms with van der Waals surface area (Å²) in [5, 5.41) is 0.899. The highest BCUT2D eigenvalue weighted by atomic mass is 79.9. The minimum absolute atomic E-state index is 0.760. The molecule has 0 aliphatic heterocycles. The Labute approximate surface area is 87.2 Å². The van der Waals surface area contributed by atoms with Gasteiger partial charge in [-0.3, -0.25) is 0 Å². The van der Waals surface area contributed by atoms with Gasteiger partial charge in [-0.1, -0.05) is 28.1 Å². The molecule has 0 atom stereocenters. The summed E-state index contributed by atoms with van der Waals surface area (Å²) in [6.45, 7) is 0.760. The van der Waals surface area contributed by atoms with Crippen LogP contribution in [-0.2, 0) is 12.8 Å². The van der Waals surface area contributed by atoms with Crippen LogP contribution in [0.5, 0.6) is 5.75 Å². The smallest absolute Gasteiger partial charge is 0.122 e. The lowest BCUT2D eigenvalue weighted by Crippen LogP contribution is -2.00. The molecule has 2 heteroatoms. The first-order valence-corrected chi connectivity index (χ1v) is 5.83. The lowest BCUT2D eigenvalue weighted by atomic mass is 10.1. The summed E-state index contributed by atoms with van der Waals surface area (Å²) in [4.78, 5) is 0. The highest BCUT2D eigenvalue weighted by molar-refractivity contribution is 9.09. The summed E-state index contributed by atoms with van der Waals surface area (Å²) >= 11 is 3.36. The Kier molecular flexibility index (Phi) is 2.89. The van der Waals surface area contributed by atoms with Gasteiger partial charge in [0.05, 0.1) is 6.61 Å². The van der Waals surface area contributed by atoms with E-state index in [2.05, 4.69) is 34.1 Å². The molecule has 0 saturated carbocycles. The van der Waals surface area contributed by atoms with Crippen molar-refractivity contribution in [3.05, 3.63) is 29.3 Å².